The Hall–Kier alpha value is -0.810. The molecule has 6 heteroatoms. The van der Waals surface area contributed by atoms with Crippen molar-refractivity contribution in [2.45, 2.75) is 13.0 Å². The maximum Gasteiger partial charge on any atom is 0.251 e. The van der Waals surface area contributed by atoms with Crippen molar-refractivity contribution < 1.29 is 8.78 Å². The van der Waals surface area contributed by atoms with Crippen LogP contribution in [0.15, 0.2) is 12.1 Å². The Morgan fingerprint density at radius 1 is 1.43 bits per heavy atom. The molecular weight excluding hydrogens is 212 g/mol. The van der Waals surface area contributed by atoms with Crippen LogP contribution in [0.1, 0.15) is 5.69 Å². The molecule has 0 atom stereocenters. The topological polar surface area (TPSA) is 29.0 Å². The lowest BCUT2D eigenvalue weighted by atomic mass is 10.3. The van der Waals surface area contributed by atoms with Crippen LogP contribution in [0, 0.1) is 0 Å². The van der Waals surface area contributed by atoms with Crippen molar-refractivity contribution in [3.05, 3.63) is 23.0 Å². The summed E-state index contributed by atoms with van der Waals surface area (Å²) in [6.07, 6.45) is -2.33. The number of alkyl halides is 2. The van der Waals surface area contributed by atoms with Crippen LogP contribution in [0.25, 0.3) is 0 Å². The molecule has 0 aliphatic carbocycles. The molecule has 0 aromatic carbocycles. The van der Waals surface area contributed by atoms with E-state index in [0.717, 1.165) is 0 Å². The Kier molecular flexibility index (Phi) is 4.16. The van der Waals surface area contributed by atoms with Gasteiger partial charge in [-0.15, -0.1) is 5.10 Å². The fourth-order valence-electron chi connectivity index (χ4n) is 1.00. The molecular formula is C8H10ClF2N3. The van der Waals surface area contributed by atoms with Crippen molar-refractivity contribution in [2.24, 2.45) is 0 Å². The van der Waals surface area contributed by atoms with Gasteiger partial charge in [0.05, 0.1) is 12.2 Å². The molecule has 1 rings (SSSR count). The normalized spacial score (nSPS) is 11.3. The maximum atomic E-state index is 12.0. The van der Waals surface area contributed by atoms with Crippen LogP contribution < -0.4 is 0 Å². The number of rotatable bonds is 4. The summed E-state index contributed by atoms with van der Waals surface area (Å²) in [5.74, 6) is 0. The lowest BCUT2D eigenvalue weighted by molar-refractivity contribution is 0.0969. The van der Waals surface area contributed by atoms with E-state index in [1.54, 1.807) is 19.2 Å². The second kappa shape index (κ2) is 5.17. The fraction of sp³-hybridized carbons (Fsp3) is 0.500. The smallest absolute Gasteiger partial charge is 0.251 e. The van der Waals surface area contributed by atoms with Crippen LogP contribution in [0.4, 0.5) is 8.78 Å². The second-order valence-electron chi connectivity index (χ2n) is 2.94. The van der Waals surface area contributed by atoms with Crippen LogP contribution in [-0.2, 0) is 6.54 Å². The molecule has 0 saturated carbocycles. The van der Waals surface area contributed by atoms with Gasteiger partial charge < -0.3 is 0 Å². The minimum absolute atomic E-state index is 0.274. The van der Waals surface area contributed by atoms with Crippen LogP contribution in [-0.4, -0.2) is 35.1 Å². The quantitative estimate of drug-likeness (QED) is 0.777. The third-order valence-electron chi connectivity index (χ3n) is 1.57. The Bertz CT molecular complexity index is 278. The number of aromatic nitrogens is 2. The van der Waals surface area contributed by atoms with E-state index in [1.165, 1.54) is 4.90 Å². The maximum absolute atomic E-state index is 12.0. The van der Waals surface area contributed by atoms with Gasteiger partial charge in [-0.2, -0.15) is 5.10 Å². The fourth-order valence-corrected chi connectivity index (χ4v) is 1.11. The SMILES string of the molecule is CN(Cc1ccc(Cl)nn1)CC(F)F. The molecule has 0 radical (unpaired) electrons. The molecule has 3 nitrogen and oxygen atoms in total. The average Bonchev–Trinajstić information content (AvgIpc) is 2.07. The number of hydrogen-bond acceptors (Lipinski definition) is 3. The van der Waals surface area contributed by atoms with Gasteiger partial charge in [0, 0.05) is 6.54 Å². The molecule has 1 aromatic rings. The lowest BCUT2D eigenvalue weighted by Gasteiger charge is -2.14. The summed E-state index contributed by atoms with van der Waals surface area (Å²) in [5, 5.41) is 7.67. The first-order valence-corrected chi connectivity index (χ1v) is 4.40. The molecule has 1 heterocycles. The second-order valence-corrected chi connectivity index (χ2v) is 3.32. The van der Waals surface area contributed by atoms with E-state index >= 15 is 0 Å². The first-order valence-electron chi connectivity index (χ1n) is 4.02. The van der Waals surface area contributed by atoms with Crippen LogP contribution in [0.3, 0.4) is 0 Å². The van der Waals surface area contributed by atoms with Crippen LogP contribution in [0.2, 0.25) is 5.15 Å². The minimum Gasteiger partial charge on any atom is -0.295 e. The molecule has 0 aliphatic rings. The third-order valence-corrected chi connectivity index (χ3v) is 1.77. The lowest BCUT2D eigenvalue weighted by Crippen LogP contribution is -2.24. The highest BCUT2D eigenvalue weighted by Gasteiger charge is 2.08. The molecule has 14 heavy (non-hydrogen) atoms. The first-order chi connectivity index (χ1) is 6.58. The van der Waals surface area contributed by atoms with Crippen molar-refractivity contribution in [1.82, 2.24) is 15.1 Å². The number of halogens is 3. The Balaban J connectivity index is 2.47. The highest BCUT2D eigenvalue weighted by molar-refractivity contribution is 6.29. The van der Waals surface area contributed by atoms with Crippen molar-refractivity contribution in [2.75, 3.05) is 13.6 Å². The van der Waals surface area contributed by atoms with Gasteiger partial charge in [-0.1, -0.05) is 11.6 Å². The number of nitrogens with zero attached hydrogens (tertiary/aromatic N) is 3. The molecule has 0 spiro atoms. The van der Waals surface area contributed by atoms with Gasteiger partial charge in [0.2, 0.25) is 0 Å². The average molecular weight is 222 g/mol. The summed E-state index contributed by atoms with van der Waals surface area (Å²) in [6.45, 7) is 0.0683. The first kappa shape index (κ1) is 11.3. The monoisotopic (exact) mass is 221 g/mol. The van der Waals surface area contributed by atoms with E-state index in [1.807, 2.05) is 0 Å². The highest BCUT2D eigenvalue weighted by atomic mass is 35.5. The molecule has 78 valence electrons. The summed E-state index contributed by atoms with van der Waals surface area (Å²) in [6, 6.07) is 3.25. The van der Waals surface area contributed by atoms with Gasteiger partial charge in [-0.25, -0.2) is 8.78 Å². The van der Waals surface area contributed by atoms with E-state index in [4.69, 9.17) is 11.6 Å². The molecule has 0 bridgehead atoms. The molecule has 0 unspecified atom stereocenters. The molecule has 1 aromatic heterocycles. The zero-order valence-electron chi connectivity index (χ0n) is 7.62. The van der Waals surface area contributed by atoms with Crippen LogP contribution >= 0.6 is 11.6 Å². The largest absolute Gasteiger partial charge is 0.295 e. The van der Waals surface area contributed by atoms with Gasteiger partial charge in [-0.05, 0) is 19.2 Å². The number of hydrogen-bond donors (Lipinski definition) is 0. The summed E-state index contributed by atoms with van der Waals surface area (Å²) < 4.78 is 23.9. The van der Waals surface area contributed by atoms with Gasteiger partial charge in [0.15, 0.2) is 5.15 Å². The highest BCUT2D eigenvalue weighted by Crippen LogP contribution is 2.05. The van der Waals surface area contributed by atoms with E-state index in [2.05, 4.69) is 10.2 Å². The zero-order valence-corrected chi connectivity index (χ0v) is 8.38. The molecule has 0 amide bonds. The Morgan fingerprint density at radius 2 is 2.14 bits per heavy atom. The van der Waals surface area contributed by atoms with Crippen molar-refractivity contribution in [3.8, 4) is 0 Å². The Morgan fingerprint density at radius 3 is 2.64 bits per heavy atom. The molecule has 0 N–H and O–H groups in total. The summed E-state index contributed by atoms with van der Waals surface area (Å²) >= 11 is 5.53. The van der Waals surface area contributed by atoms with Gasteiger partial charge in [0.25, 0.3) is 6.43 Å². The van der Waals surface area contributed by atoms with E-state index in [9.17, 15) is 8.78 Å². The van der Waals surface area contributed by atoms with Gasteiger partial charge in [0.1, 0.15) is 0 Å². The van der Waals surface area contributed by atoms with Crippen molar-refractivity contribution in [1.29, 1.82) is 0 Å². The summed E-state index contributed by atoms with van der Waals surface area (Å²) in [7, 11) is 1.60. The minimum atomic E-state index is -2.33. The predicted molar refractivity (Wildman–Crippen MR) is 49.4 cm³/mol. The van der Waals surface area contributed by atoms with E-state index in [-0.39, 0.29) is 6.54 Å². The van der Waals surface area contributed by atoms with Crippen molar-refractivity contribution in [3.63, 3.8) is 0 Å². The van der Waals surface area contributed by atoms with Gasteiger partial charge >= 0.3 is 0 Å². The molecule has 0 saturated heterocycles. The van der Waals surface area contributed by atoms with Crippen molar-refractivity contribution >= 4 is 11.6 Å². The summed E-state index contributed by atoms with van der Waals surface area (Å²) in [5.41, 5.74) is 0.623. The third kappa shape index (κ3) is 3.93. The van der Waals surface area contributed by atoms with E-state index in [0.29, 0.717) is 17.4 Å². The van der Waals surface area contributed by atoms with Crippen LogP contribution in [0.5, 0.6) is 0 Å². The predicted octanol–water partition coefficient (Wildman–Crippen LogP) is 1.83. The molecule has 0 aliphatic heterocycles. The standard InChI is InChI=1S/C8H10ClF2N3/c1-14(5-8(10)11)4-6-2-3-7(9)13-12-6/h2-3,8H,4-5H2,1H3. The summed E-state index contributed by atoms with van der Waals surface area (Å²) in [4.78, 5) is 1.47. The zero-order chi connectivity index (χ0) is 10.6. The van der Waals surface area contributed by atoms with E-state index < -0.39 is 6.43 Å². The Labute approximate surface area is 85.7 Å². The van der Waals surface area contributed by atoms with Gasteiger partial charge in [-0.3, -0.25) is 4.90 Å². The molecule has 0 fully saturated rings.